The van der Waals surface area contributed by atoms with Gasteiger partial charge in [0.15, 0.2) is 0 Å². The molecule has 2 fully saturated rings. The van der Waals surface area contributed by atoms with Gasteiger partial charge in [-0.2, -0.15) is 0 Å². The van der Waals surface area contributed by atoms with E-state index in [-0.39, 0.29) is 29.6 Å². The summed E-state index contributed by atoms with van der Waals surface area (Å²) in [4.78, 5) is 48.5. The fraction of sp³-hybridized carbons (Fsp3) is 0.316. The zero-order chi connectivity index (χ0) is 19.0. The maximum absolute atomic E-state index is 12.9. The van der Waals surface area contributed by atoms with Crippen molar-refractivity contribution in [2.24, 2.45) is 0 Å². The summed E-state index contributed by atoms with van der Waals surface area (Å²) in [6.45, 7) is 2.37. The minimum atomic E-state index is -0.556. The molecule has 2 saturated heterocycles. The highest BCUT2D eigenvalue weighted by molar-refractivity contribution is 6.21. The van der Waals surface area contributed by atoms with Crippen LogP contribution in [0.1, 0.15) is 28.9 Å². The molecule has 1 aromatic heterocycles. The monoisotopic (exact) mass is 365 g/mol. The van der Waals surface area contributed by atoms with Crippen molar-refractivity contribution in [1.82, 2.24) is 20.2 Å². The molecule has 0 radical (unpaired) electrons. The van der Waals surface area contributed by atoms with Gasteiger partial charge in [0.25, 0.3) is 11.8 Å². The third kappa shape index (κ3) is 3.14. The van der Waals surface area contributed by atoms with E-state index in [1.807, 2.05) is 19.1 Å². The molecule has 2 aromatic rings. The second kappa shape index (κ2) is 6.79. The van der Waals surface area contributed by atoms with E-state index in [0.29, 0.717) is 25.1 Å². The molecule has 1 N–H and O–H groups in total. The molecule has 8 heteroatoms. The van der Waals surface area contributed by atoms with Crippen molar-refractivity contribution in [3.05, 3.63) is 54.1 Å². The zero-order valence-electron chi connectivity index (χ0n) is 14.8. The Hall–Kier alpha value is -3.29. The topological polar surface area (TPSA) is 95.5 Å². The van der Waals surface area contributed by atoms with Gasteiger partial charge in [0.1, 0.15) is 11.7 Å². The first kappa shape index (κ1) is 17.1. The number of imide groups is 1. The summed E-state index contributed by atoms with van der Waals surface area (Å²) in [5.41, 5.74) is 1.86. The number of anilines is 1. The van der Waals surface area contributed by atoms with Crippen molar-refractivity contribution in [3.63, 3.8) is 0 Å². The predicted molar refractivity (Wildman–Crippen MR) is 97.1 cm³/mol. The third-order valence-corrected chi connectivity index (χ3v) is 4.97. The van der Waals surface area contributed by atoms with Crippen LogP contribution >= 0.6 is 0 Å². The van der Waals surface area contributed by atoms with E-state index in [9.17, 15) is 14.4 Å². The number of carbonyl (C=O) groups excluding carboxylic acids is 3. The van der Waals surface area contributed by atoms with Gasteiger partial charge in [-0.15, -0.1) is 0 Å². The lowest BCUT2D eigenvalue weighted by Crippen LogP contribution is -2.49. The Morgan fingerprint density at radius 3 is 2.67 bits per heavy atom. The van der Waals surface area contributed by atoms with Gasteiger partial charge in [-0.1, -0.05) is 17.7 Å². The highest BCUT2D eigenvalue weighted by atomic mass is 16.2. The molecule has 4 rings (SSSR count). The molecular formula is C19H19N5O3. The summed E-state index contributed by atoms with van der Waals surface area (Å²) < 4.78 is 0. The summed E-state index contributed by atoms with van der Waals surface area (Å²) >= 11 is 0. The van der Waals surface area contributed by atoms with E-state index in [0.717, 1.165) is 5.56 Å². The molecule has 138 valence electrons. The van der Waals surface area contributed by atoms with Crippen LogP contribution in [0, 0.1) is 6.92 Å². The molecule has 0 unspecified atom stereocenters. The van der Waals surface area contributed by atoms with Gasteiger partial charge < -0.3 is 10.2 Å². The normalized spacial score (nSPS) is 22.0. The average Bonchev–Trinajstić information content (AvgIpc) is 2.93. The van der Waals surface area contributed by atoms with Crippen LogP contribution in [0.2, 0.25) is 0 Å². The van der Waals surface area contributed by atoms with Crippen LogP contribution in [0.25, 0.3) is 0 Å². The second-order valence-corrected chi connectivity index (χ2v) is 6.79. The zero-order valence-corrected chi connectivity index (χ0v) is 14.8. The van der Waals surface area contributed by atoms with E-state index < -0.39 is 6.04 Å². The van der Waals surface area contributed by atoms with Crippen LogP contribution in [-0.2, 0) is 4.79 Å². The van der Waals surface area contributed by atoms with E-state index >= 15 is 0 Å². The number of nitrogens with one attached hydrogen (secondary N) is 1. The molecule has 0 spiro atoms. The molecule has 3 heterocycles. The van der Waals surface area contributed by atoms with Crippen LogP contribution in [-0.4, -0.2) is 51.3 Å². The summed E-state index contributed by atoms with van der Waals surface area (Å²) in [7, 11) is 0. The molecular weight excluding hydrogens is 346 g/mol. The number of benzene rings is 1. The van der Waals surface area contributed by atoms with Crippen LogP contribution in [0.15, 0.2) is 42.9 Å². The largest absolute Gasteiger partial charge is 0.348 e. The minimum Gasteiger partial charge on any atom is -0.348 e. The van der Waals surface area contributed by atoms with E-state index in [1.165, 1.54) is 23.5 Å². The number of fused-ring (bicyclic) bond motifs is 1. The van der Waals surface area contributed by atoms with Gasteiger partial charge in [-0.3, -0.25) is 14.6 Å². The number of amides is 4. The molecule has 8 nitrogen and oxygen atoms in total. The highest BCUT2D eigenvalue weighted by Crippen LogP contribution is 2.31. The Kier molecular flexibility index (Phi) is 4.31. The fourth-order valence-electron chi connectivity index (χ4n) is 3.54. The number of hydrogen-bond donors (Lipinski definition) is 1. The molecule has 4 amide bonds. The fourth-order valence-corrected chi connectivity index (χ4v) is 3.54. The summed E-state index contributed by atoms with van der Waals surface area (Å²) in [5, 5.41) is 2.90. The van der Waals surface area contributed by atoms with Gasteiger partial charge in [-0.25, -0.2) is 14.7 Å². The minimum absolute atomic E-state index is 0.199. The molecule has 0 aliphatic carbocycles. The number of nitrogens with zero attached hydrogens (tertiary/aromatic N) is 4. The van der Waals surface area contributed by atoms with Gasteiger partial charge >= 0.3 is 6.03 Å². The van der Waals surface area contributed by atoms with Crippen molar-refractivity contribution in [2.45, 2.75) is 31.8 Å². The molecule has 1 aromatic carbocycles. The maximum Gasteiger partial charge on any atom is 0.332 e. The molecule has 2 aliphatic rings. The summed E-state index contributed by atoms with van der Waals surface area (Å²) in [6.07, 6.45) is 5.32. The number of piperidine rings is 1. The maximum atomic E-state index is 12.9. The van der Waals surface area contributed by atoms with Gasteiger partial charge in [0, 0.05) is 25.0 Å². The lowest BCUT2D eigenvalue weighted by Gasteiger charge is -2.32. The lowest BCUT2D eigenvalue weighted by molar-refractivity contribution is -0.120. The Morgan fingerprint density at radius 1 is 1.19 bits per heavy atom. The number of urea groups is 1. The Morgan fingerprint density at radius 2 is 1.96 bits per heavy atom. The van der Waals surface area contributed by atoms with Crippen molar-refractivity contribution in [2.75, 3.05) is 11.4 Å². The Labute approximate surface area is 156 Å². The summed E-state index contributed by atoms with van der Waals surface area (Å²) in [6, 6.07) is 6.24. The molecule has 2 atom stereocenters. The first-order valence-corrected chi connectivity index (χ1v) is 8.82. The van der Waals surface area contributed by atoms with Gasteiger partial charge in [-0.05, 0) is 31.9 Å². The van der Waals surface area contributed by atoms with Gasteiger partial charge in [0.05, 0.1) is 11.9 Å². The van der Waals surface area contributed by atoms with Crippen LogP contribution in [0.3, 0.4) is 0 Å². The standard InChI is InChI=1S/C19H19N5O3/c1-12-2-4-14(5-3-12)24-18(26)16-10-13(6-9-23(16)19(24)27)22-17(25)15-11-20-7-8-21-15/h2-5,7-8,11,13,16H,6,9-10H2,1H3,(H,22,25)/t13-,16-/m0/s1. The van der Waals surface area contributed by atoms with Crippen LogP contribution in [0.5, 0.6) is 0 Å². The Balaban J connectivity index is 1.48. The SMILES string of the molecule is Cc1ccc(N2C(=O)[C@@H]3C[C@@H](NC(=O)c4cnccn4)CCN3C2=O)cc1. The lowest BCUT2D eigenvalue weighted by atomic mass is 9.98. The molecule has 0 saturated carbocycles. The van der Waals surface area contributed by atoms with E-state index in [4.69, 9.17) is 0 Å². The molecule has 27 heavy (non-hydrogen) atoms. The number of aromatic nitrogens is 2. The van der Waals surface area contributed by atoms with Crippen molar-refractivity contribution in [1.29, 1.82) is 0 Å². The van der Waals surface area contributed by atoms with Crippen molar-refractivity contribution >= 4 is 23.5 Å². The highest BCUT2D eigenvalue weighted by Gasteiger charge is 2.48. The first-order chi connectivity index (χ1) is 13.0. The van der Waals surface area contributed by atoms with Crippen LogP contribution in [0.4, 0.5) is 10.5 Å². The van der Waals surface area contributed by atoms with Crippen molar-refractivity contribution < 1.29 is 14.4 Å². The number of aryl methyl sites for hydroxylation is 1. The number of hydrogen-bond acceptors (Lipinski definition) is 5. The van der Waals surface area contributed by atoms with E-state index in [2.05, 4.69) is 15.3 Å². The van der Waals surface area contributed by atoms with E-state index in [1.54, 1.807) is 17.0 Å². The number of carbonyl (C=O) groups is 3. The first-order valence-electron chi connectivity index (χ1n) is 8.82. The smallest absolute Gasteiger partial charge is 0.332 e. The average molecular weight is 365 g/mol. The van der Waals surface area contributed by atoms with Gasteiger partial charge in [0.2, 0.25) is 0 Å². The molecule has 2 aliphatic heterocycles. The third-order valence-electron chi connectivity index (χ3n) is 4.97. The predicted octanol–water partition coefficient (Wildman–Crippen LogP) is 1.51. The second-order valence-electron chi connectivity index (χ2n) is 6.79. The quantitative estimate of drug-likeness (QED) is 0.832. The summed E-state index contributed by atoms with van der Waals surface area (Å²) in [5.74, 6) is -0.573. The number of rotatable bonds is 3. The van der Waals surface area contributed by atoms with Crippen LogP contribution < -0.4 is 10.2 Å². The molecule has 0 bridgehead atoms. The van der Waals surface area contributed by atoms with Crippen molar-refractivity contribution in [3.8, 4) is 0 Å². The Bertz CT molecular complexity index is 884.